The van der Waals surface area contributed by atoms with Gasteiger partial charge in [0.05, 0.1) is 53.7 Å². The number of nitrogens with zero attached hydrogens (tertiary/aromatic N) is 4. The first-order valence-corrected chi connectivity index (χ1v) is 15.8. The van der Waals surface area contributed by atoms with Crippen molar-refractivity contribution in [2.75, 3.05) is 56.4 Å². The number of carbonyl (C=O) groups is 2. The van der Waals surface area contributed by atoms with E-state index in [1.165, 1.54) is 0 Å². The quantitative estimate of drug-likeness (QED) is 0.403. The van der Waals surface area contributed by atoms with Crippen molar-refractivity contribution in [1.29, 1.82) is 0 Å². The molecule has 3 aromatic carbocycles. The van der Waals surface area contributed by atoms with Crippen LogP contribution in [0, 0.1) is 5.82 Å². The van der Waals surface area contributed by atoms with Crippen LogP contribution in [0.1, 0.15) is 46.0 Å². The minimum atomic E-state index is -1.17. The molecule has 4 aliphatic heterocycles. The fourth-order valence-corrected chi connectivity index (χ4v) is 7.60. The number of fused-ring (bicyclic) bond motifs is 3. The van der Waals surface area contributed by atoms with Crippen LogP contribution in [-0.4, -0.2) is 91.5 Å². The van der Waals surface area contributed by atoms with Gasteiger partial charge in [0, 0.05) is 48.1 Å². The molecule has 2 unspecified atom stereocenters. The SMILES string of the molecule is C[C@@H]1CN(C)CCN1c1ccc(C(=O)N2COc3c(cccc3-c3cc(N4C5CCC4COC5)c(C(=O)O)cc3F)C2)c(Cl)c1. The summed E-state index contributed by atoms with van der Waals surface area (Å²) in [4.78, 5) is 34.1. The molecule has 7 rings (SSSR count). The minimum absolute atomic E-state index is 0.0360. The number of rotatable bonds is 5. The van der Waals surface area contributed by atoms with Crippen molar-refractivity contribution in [1.82, 2.24) is 9.80 Å². The fraction of sp³-hybridized carbons (Fsp3) is 0.412. The number of carboxylic acids is 1. The molecule has 2 bridgehead atoms. The van der Waals surface area contributed by atoms with Crippen LogP contribution < -0.4 is 14.5 Å². The number of halogens is 2. The number of para-hydroxylation sites is 1. The Balaban J connectivity index is 1.16. The first-order chi connectivity index (χ1) is 21.7. The zero-order valence-corrected chi connectivity index (χ0v) is 26.1. The third-order valence-electron chi connectivity index (χ3n) is 9.58. The molecule has 3 saturated heterocycles. The molecule has 3 aromatic rings. The van der Waals surface area contributed by atoms with Gasteiger partial charge >= 0.3 is 5.97 Å². The molecule has 1 amide bonds. The van der Waals surface area contributed by atoms with Gasteiger partial charge in [-0.25, -0.2) is 9.18 Å². The van der Waals surface area contributed by atoms with Crippen molar-refractivity contribution >= 4 is 34.9 Å². The van der Waals surface area contributed by atoms with Gasteiger partial charge in [0.2, 0.25) is 0 Å². The molecule has 0 aromatic heterocycles. The van der Waals surface area contributed by atoms with Gasteiger partial charge in [0.15, 0.2) is 6.73 Å². The van der Waals surface area contributed by atoms with Crippen LogP contribution in [0.15, 0.2) is 48.5 Å². The highest BCUT2D eigenvalue weighted by Crippen LogP contribution is 2.43. The van der Waals surface area contributed by atoms with Gasteiger partial charge in [0.1, 0.15) is 11.6 Å². The van der Waals surface area contributed by atoms with Crippen LogP contribution in [0.5, 0.6) is 5.75 Å². The number of hydrogen-bond acceptors (Lipinski definition) is 7. The van der Waals surface area contributed by atoms with E-state index in [0.29, 0.717) is 46.8 Å². The number of likely N-dealkylation sites (N-methyl/N-ethyl adjacent to an activating group) is 1. The van der Waals surface area contributed by atoms with Crippen molar-refractivity contribution in [3.8, 4) is 16.9 Å². The van der Waals surface area contributed by atoms with Gasteiger partial charge in [0.25, 0.3) is 5.91 Å². The van der Waals surface area contributed by atoms with Crippen LogP contribution in [0.25, 0.3) is 11.1 Å². The topological polar surface area (TPSA) is 85.8 Å². The lowest BCUT2D eigenvalue weighted by atomic mass is 9.96. The molecule has 3 fully saturated rings. The van der Waals surface area contributed by atoms with Crippen molar-refractivity contribution < 1.29 is 28.6 Å². The number of piperazine rings is 1. The van der Waals surface area contributed by atoms with E-state index in [0.717, 1.165) is 49.8 Å². The van der Waals surface area contributed by atoms with E-state index < -0.39 is 11.8 Å². The number of morpholine rings is 1. The number of hydrogen-bond donors (Lipinski definition) is 1. The Morgan fingerprint density at radius 1 is 1.00 bits per heavy atom. The zero-order chi connectivity index (χ0) is 31.4. The summed E-state index contributed by atoms with van der Waals surface area (Å²) in [7, 11) is 2.11. The molecule has 4 aliphatic rings. The maximum Gasteiger partial charge on any atom is 0.337 e. The summed E-state index contributed by atoms with van der Waals surface area (Å²) in [6.45, 7) is 6.21. The Kier molecular flexibility index (Phi) is 7.83. The van der Waals surface area contributed by atoms with E-state index in [-0.39, 0.29) is 42.4 Å². The molecular weight excluding hydrogens is 599 g/mol. The van der Waals surface area contributed by atoms with Crippen LogP contribution in [0.4, 0.5) is 15.8 Å². The highest BCUT2D eigenvalue weighted by atomic mass is 35.5. The molecule has 236 valence electrons. The van der Waals surface area contributed by atoms with Crippen molar-refractivity contribution in [2.24, 2.45) is 0 Å². The number of aromatic carboxylic acids is 1. The number of carboxylic acid groups (broad SMARTS) is 1. The first kappa shape index (κ1) is 29.8. The number of carbonyl (C=O) groups excluding carboxylic acids is 1. The molecule has 0 radical (unpaired) electrons. The van der Waals surface area contributed by atoms with E-state index in [9.17, 15) is 14.7 Å². The Morgan fingerprint density at radius 2 is 1.78 bits per heavy atom. The summed E-state index contributed by atoms with van der Waals surface area (Å²) >= 11 is 6.68. The summed E-state index contributed by atoms with van der Waals surface area (Å²) in [6.07, 6.45) is 1.79. The molecule has 0 aliphatic carbocycles. The summed E-state index contributed by atoms with van der Waals surface area (Å²) in [5, 5.41) is 10.3. The predicted molar refractivity (Wildman–Crippen MR) is 170 cm³/mol. The zero-order valence-electron chi connectivity index (χ0n) is 25.3. The first-order valence-electron chi connectivity index (χ1n) is 15.4. The van der Waals surface area contributed by atoms with Gasteiger partial charge in [-0.2, -0.15) is 0 Å². The molecule has 0 saturated carbocycles. The van der Waals surface area contributed by atoms with Crippen LogP contribution in [0.3, 0.4) is 0 Å². The molecule has 0 spiro atoms. The van der Waals surface area contributed by atoms with Crippen LogP contribution >= 0.6 is 11.6 Å². The monoisotopic (exact) mass is 634 g/mol. The highest BCUT2D eigenvalue weighted by Gasteiger charge is 2.40. The average molecular weight is 635 g/mol. The summed E-state index contributed by atoms with van der Waals surface area (Å²) < 4.78 is 27.5. The summed E-state index contributed by atoms with van der Waals surface area (Å²) in [5.74, 6) is -1.60. The number of ether oxygens (including phenoxy) is 2. The molecule has 1 N–H and O–H groups in total. The third-order valence-corrected chi connectivity index (χ3v) is 9.89. The standard InChI is InChI=1S/C34H36ClFN4O5/c1-20-15-37(2)10-11-39(20)22-8-9-26(29(35)12-22)33(41)38-16-21-4-3-5-25(32(21)45-19-38)27-14-31(28(34(42)43)13-30(27)36)40-23-6-7-24(40)18-44-17-23/h3-5,8-9,12-14,20,23-24H,6-7,10-11,15-19H2,1-2H3,(H,42,43)/t20-,23?,24?/m1/s1. The second kappa shape index (κ2) is 11.8. The predicted octanol–water partition coefficient (Wildman–Crippen LogP) is 5.34. The van der Waals surface area contributed by atoms with Gasteiger partial charge in [-0.1, -0.05) is 29.8 Å². The third kappa shape index (κ3) is 5.38. The fourth-order valence-electron chi connectivity index (χ4n) is 7.34. The van der Waals surface area contributed by atoms with Gasteiger partial charge in [-0.15, -0.1) is 0 Å². The Labute approximate surface area is 266 Å². The highest BCUT2D eigenvalue weighted by molar-refractivity contribution is 6.34. The van der Waals surface area contributed by atoms with E-state index in [1.54, 1.807) is 29.2 Å². The maximum absolute atomic E-state index is 15.7. The molecule has 3 atom stereocenters. The average Bonchev–Trinajstić information content (AvgIpc) is 3.26. The Morgan fingerprint density at radius 3 is 2.49 bits per heavy atom. The maximum atomic E-state index is 15.7. The lowest BCUT2D eigenvalue weighted by Crippen LogP contribution is -2.50. The number of benzene rings is 3. The van der Waals surface area contributed by atoms with Crippen LogP contribution in [-0.2, 0) is 11.3 Å². The lowest BCUT2D eigenvalue weighted by Gasteiger charge is -2.40. The Hall–Kier alpha value is -3.86. The van der Waals surface area contributed by atoms with E-state index in [2.05, 4.69) is 28.7 Å². The largest absolute Gasteiger partial charge is 0.478 e. The summed E-state index contributed by atoms with van der Waals surface area (Å²) in [5.41, 5.74) is 3.30. The van der Waals surface area contributed by atoms with Crippen molar-refractivity contribution in [2.45, 2.75) is 44.4 Å². The number of amides is 1. The molecule has 4 heterocycles. The smallest absolute Gasteiger partial charge is 0.337 e. The minimum Gasteiger partial charge on any atom is -0.478 e. The summed E-state index contributed by atoms with van der Waals surface area (Å²) in [6, 6.07) is 14.2. The second-order valence-electron chi connectivity index (χ2n) is 12.5. The van der Waals surface area contributed by atoms with Gasteiger partial charge in [-0.05, 0) is 57.1 Å². The Bertz CT molecular complexity index is 1650. The van der Waals surface area contributed by atoms with E-state index in [4.69, 9.17) is 21.1 Å². The number of anilines is 2. The second-order valence-corrected chi connectivity index (χ2v) is 12.9. The normalized spacial score (nSPS) is 23.1. The van der Waals surface area contributed by atoms with Gasteiger partial charge in [-0.3, -0.25) is 4.79 Å². The molecular formula is C34H36ClFN4O5. The molecule has 11 heteroatoms. The van der Waals surface area contributed by atoms with Crippen molar-refractivity contribution in [3.63, 3.8) is 0 Å². The molecule has 9 nitrogen and oxygen atoms in total. The van der Waals surface area contributed by atoms with Gasteiger partial charge < -0.3 is 34.2 Å². The van der Waals surface area contributed by atoms with Crippen molar-refractivity contribution in [3.05, 3.63) is 76.1 Å². The van der Waals surface area contributed by atoms with E-state index in [1.807, 2.05) is 18.2 Å². The lowest BCUT2D eigenvalue weighted by molar-refractivity contribution is 0.0515. The molecule has 45 heavy (non-hydrogen) atoms. The van der Waals surface area contributed by atoms with E-state index >= 15 is 4.39 Å². The van der Waals surface area contributed by atoms with Crippen LogP contribution in [0.2, 0.25) is 5.02 Å².